The van der Waals surface area contributed by atoms with E-state index in [1.807, 2.05) is 6.92 Å². The van der Waals surface area contributed by atoms with Crippen molar-refractivity contribution in [2.75, 3.05) is 33.0 Å². The van der Waals surface area contributed by atoms with Gasteiger partial charge < -0.3 is 25.2 Å². The fourth-order valence-corrected chi connectivity index (χ4v) is 0.670. The van der Waals surface area contributed by atoms with Crippen LogP contribution < -0.4 is 0 Å². The van der Waals surface area contributed by atoms with E-state index in [9.17, 15) is 0 Å². The molecular formula is C8H18O5S2. The average molecular weight is 258 g/mol. The monoisotopic (exact) mass is 258 g/mol. The predicted octanol–water partition coefficient (Wildman–Crippen LogP) is -0.820. The van der Waals surface area contributed by atoms with Crippen molar-refractivity contribution in [3.05, 3.63) is 0 Å². The molecule has 0 heterocycles. The molecule has 0 aliphatic rings. The van der Waals surface area contributed by atoms with Crippen molar-refractivity contribution in [3.8, 4) is 0 Å². The third-order valence-electron chi connectivity index (χ3n) is 1.61. The van der Waals surface area contributed by atoms with E-state index in [1.54, 1.807) is 0 Å². The van der Waals surface area contributed by atoms with Crippen molar-refractivity contribution in [1.29, 1.82) is 0 Å². The van der Waals surface area contributed by atoms with Gasteiger partial charge >= 0.3 is 0 Å². The van der Waals surface area contributed by atoms with Gasteiger partial charge in [-0.1, -0.05) is 12.6 Å². The second-order valence-corrected chi connectivity index (χ2v) is 3.91. The molecule has 0 fully saturated rings. The quantitative estimate of drug-likeness (QED) is 0.327. The summed E-state index contributed by atoms with van der Waals surface area (Å²) in [5.74, 6) is 0. The first-order valence-corrected chi connectivity index (χ1v) is 5.16. The Hall–Kier alpha value is 0.0800. The van der Waals surface area contributed by atoms with Crippen LogP contribution in [-0.2, 0) is 4.74 Å². The second-order valence-electron chi connectivity index (χ2n) is 2.83. The van der Waals surface area contributed by atoms with Crippen LogP contribution >= 0.6 is 24.8 Å². The van der Waals surface area contributed by atoms with Crippen LogP contribution in [0.5, 0.6) is 0 Å². The van der Waals surface area contributed by atoms with Crippen LogP contribution in [0.4, 0.5) is 0 Å². The third kappa shape index (κ3) is 9.04. The predicted molar refractivity (Wildman–Crippen MR) is 64.0 cm³/mol. The van der Waals surface area contributed by atoms with Crippen LogP contribution in [0, 0.1) is 5.41 Å². The van der Waals surface area contributed by atoms with Gasteiger partial charge in [0.1, 0.15) is 0 Å². The van der Waals surface area contributed by atoms with Crippen LogP contribution in [-0.4, -0.2) is 57.8 Å². The Morgan fingerprint density at radius 2 is 1.47 bits per heavy atom. The summed E-state index contributed by atoms with van der Waals surface area (Å²) in [7, 11) is 0. The highest BCUT2D eigenvalue weighted by Gasteiger charge is 2.26. The molecule has 0 aliphatic carbocycles. The smallest absolute Gasteiger partial charge is 0.216 e. The molecule has 0 aliphatic heterocycles. The number of aliphatic hydroxyl groups excluding tert-OH is 4. The Balaban J connectivity index is 0. The fourth-order valence-electron chi connectivity index (χ4n) is 0.423. The van der Waals surface area contributed by atoms with E-state index in [0.29, 0.717) is 11.0 Å². The van der Waals surface area contributed by atoms with Gasteiger partial charge in [0, 0.05) is 0 Å². The van der Waals surface area contributed by atoms with E-state index in [2.05, 4.69) is 29.6 Å². The van der Waals surface area contributed by atoms with Crippen LogP contribution in [0.25, 0.3) is 0 Å². The largest absolute Gasteiger partial charge is 0.479 e. The molecule has 7 heteroatoms. The first-order valence-electron chi connectivity index (χ1n) is 4.31. The highest BCUT2D eigenvalue weighted by Crippen LogP contribution is 2.11. The van der Waals surface area contributed by atoms with E-state index in [4.69, 9.17) is 20.4 Å². The zero-order valence-corrected chi connectivity index (χ0v) is 10.3. The summed E-state index contributed by atoms with van der Waals surface area (Å²) in [6.45, 7) is 0.852. The molecule has 0 spiro atoms. The van der Waals surface area contributed by atoms with E-state index >= 15 is 0 Å². The number of thiol groups is 1. The summed E-state index contributed by atoms with van der Waals surface area (Å²) >= 11 is 8.12. The number of aliphatic hydroxyl groups is 4. The standard InChI is InChI=1S/C5H12O4.C3H6OS2/c6-1-5(2-7,3-8)4-9;1-2-4-3(5)6/h6-9H,1-4H2;2H2,1H3,(H,5,6). The lowest BCUT2D eigenvalue weighted by Gasteiger charge is -2.23. The van der Waals surface area contributed by atoms with Gasteiger partial charge in [0.25, 0.3) is 0 Å². The zero-order valence-electron chi connectivity index (χ0n) is 8.59. The Labute approximate surface area is 100 Å². The van der Waals surface area contributed by atoms with Crippen molar-refractivity contribution in [2.45, 2.75) is 6.92 Å². The molecule has 5 nitrogen and oxygen atoms in total. The minimum Gasteiger partial charge on any atom is -0.479 e. The molecule has 0 unspecified atom stereocenters. The molecule has 4 N–H and O–H groups in total. The maximum Gasteiger partial charge on any atom is 0.216 e. The van der Waals surface area contributed by atoms with Gasteiger partial charge in [-0.3, -0.25) is 0 Å². The molecule has 0 aromatic carbocycles. The summed E-state index contributed by atoms with van der Waals surface area (Å²) in [5.41, 5.74) is -1.11. The molecule has 0 aromatic heterocycles. The highest BCUT2D eigenvalue weighted by molar-refractivity contribution is 8.10. The Kier molecular flexibility index (Phi) is 12.3. The van der Waals surface area contributed by atoms with Gasteiger partial charge in [0.2, 0.25) is 4.38 Å². The Bertz CT molecular complexity index is 144. The summed E-state index contributed by atoms with van der Waals surface area (Å²) in [4.78, 5) is 0. The molecule has 0 amide bonds. The lowest BCUT2D eigenvalue weighted by atomic mass is 9.93. The van der Waals surface area contributed by atoms with Crippen LogP contribution in [0.2, 0.25) is 0 Å². The molecule has 0 aromatic rings. The maximum atomic E-state index is 8.50. The van der Waals surface area contributed by atoms with E-state index in [1.165, 1.54) is 0 Å². The summed E-state index contributed by atoms with van der Waals surface area (Å²) in [5, 5.41) is 34.0. The number of thiocarbonyl (C=S) groups is 1. The molecule has 0 saturated heterocycles. The van der Waals surface area contributed by atoms with Crippen LogP contribution in [0.3, 0.4) is 0 Å². The van der Waals surface area contributed by atoms with E-state index in [-0.39, 0.29) is 0 Å². The summed E-state index contributed by atoms with van der Waals surface area (Å²) in [6.07, 6.45) is 0. The van der Waals surface area contributed by atoms with Gasteiger partial charge in [0.15, 0.2) is 0 Å². The van der Waals surface area contributed by atoms with Gasteiger partial charge in [-0.2, -0.15) is 0 Å². The molecule has 0 bridgehead atoms. The molecule has 15 heavy (non-hydrogen) atoms. The molecule has 92 valence electrons. The summed E-state index contributed by atoms with van der Waals surface area (Å²) in [6, 6.07) is 0. The average Bonchev–Trinajstić information content (AvgIpc) is 2.23. The topological polar surface area (TPSA) is 90.2 Å². The normalized spacial score (nSPS) is 10.3. The second kappa shape index (κ2) is 10.6. The van der Waals surface area contributed by atoms with E-state index < -0.39 is 31.8 Å². The molecule has 0 rings (SSSR count). The van der Waals surface area contributed by atoms with Crippen molar-refractivity contribution >= 4 is 29.2 Å². The third-order valence-corrected chi connectivity index (χ3v) is 1.86. The maximum absolute atomic E-state index is 8.50. The van der Waals surface area contributed by atoms with E-state index in [0.717, 1.165) is 0 Å². The van der Waals surface area contributed by atoms with Gasteiger partial charge in [-0.05, 0) is 19.1 Å². The lowest BCUT2D eigenvalue weighted by molar-refractivity contribution is -0.0328. The number of ether oxygens (including phenoxy) is 1. The summed E-state index contributed by atoms with van der Waals surface area (Å²) < 4.78 is 4.95. The van der Waals surface area contributed by atoms with Crippen LogP contribution in [0.15, 0.2) is 0 Å². The molecular weight excluding hydrogens is 240 g/mol. The first-order chi connectivity index (χ1) is 7.01. The van der Waals surface area contributed by atoms with Crippen molar-refractivity contribution in [2.24, 2.45) is 5.41 Å². The number of rotatable bonds is 5. The minimum absolute atomic E-state index is 0.317. The van der Waals surface area contributed by atoms with Gasteiger partial charge in [-0.25, -0.2) is 0 Å². The zero-order chi connectivity index (χ0) is 12.3. The fraction of sp³-hybridized carbons (Fsp3) is 0.875. The van der Waals surface area contributed by atoms with Gasteiger partial charge in [-0.15, -0.1) is 0 Å². The molecule has 0 radical (unpaired) electrons. The molecule has 0 atom stereocenters. The van der Waals surface area contributed by atoms with Gasteiger partial charge in [0.05, 0.1) is 38.4 Å². The molecule has 0 saturated carbocycles. The number of hydrogen-bond acceptors (Lipinski definition) is 6. The Morgan fingerprint density at radius 3 is 1.47 bits per heavy atom. The van der Waals surface area contributed by atoms with Crippen molar-refractivity contribution < 1.29 is 25.2 Å². The Morgan fingerprint density at radius 1 is 1.13 bits per heavy atom. The first kappa shape index (κ1) is 17.5. The highest BCUT2D eigenvalue weighted by atomic mass is 32.1. The SMILES string of the molecule is CCOC(=S)S.OCC(CO)(CO)CO. The lowest BCUT2D eigenvalue weighted by Crippen LogP contribution is -2.37. The van der Waals surface area contributed by atoms with Crippen LogP contribution in [0.1, 0.15) is 6.92 Å². The van der Waals surface area contributed by atoms with Crippen molar-refractivity contribution in [1.82, 2.24) is 0 Å². The minimum atomic E-state index is -1.11. The number of hydrogen-bond donors (Lipinski definition) is 5. The van der Waals surface area contributed by atoms with Crippen molar-refractivity contribution in [3.63, 3.8) is 0 Å².